The van der Waals surface area contributed by atoms with Crippen LogP contribution in [0.25, 0.3) is 0 Å². The maximum absolute atomic E-state index is 11.8. The number of ether oxygens (including phenoxy) is 2. The van der Waals surface area contributed by atoms with Crippen molar-refractivity contribution in [2.24, 2.45) is 0 Å². The van der Waals surface area contributed by atoms with Crippen LogP contribution in [0.5, 0.6) is 0 Å². The molecule has 98 valence electrons. The summed E-state index contributed by atoms with van der Waals surface area (Å²) in [4.78, 5) is 0. The highest BCUT2D eigenvalue weighted by Gasteiger charge is 2.16. The minimum atomic E-state index is -2.78. The summed E-state index contributed by atoms with van der Waals surface area (Å²) in [5, 5.41) is 20.6. The molecule has 2 unspecified atom stereocenters. The minimum Gasteiger partial charge on any atom is -0.389 e. The number of methoxy groups -OCH3 is 1. The van der Waals surface area contributed by atoms with E-state index in [9.17, 15) is 13.9 Å². The maximum Gasteiger partial charge on any atom is 0.265 e. The molecule has 2 atom stereocenters. The Bertz CT molecular complexity index is 162. The molecule has 3 N–H and O–H groups in total. The van der Waals surface area contributed by atoms with Crippen molar-refractivity contribution in [2.45, 2.75) is 18.6 Å². The Morgan fingerprint density at radius 1 is 1.19 bits per heavy atom. The quantitative estimate of drug-likeness (QED) is 0.439. The van der Waals surface area contributed by atoms with Gasteiger partial charge in [-0.05, 0) is 0 Å². The second-order valence-electron chi connectivity index (χ2n) is 3.28. The number of halogens is 2. The van der Waals surface area contributed by atoms with E-state index in [2.05, 4.69) is 5.32 Å². The third kappa shape index (κ3) is 8.93. The molecule has 0 heterocycles. The molecule has 0 saturated carbocycles. The first-order valence-electron chi connectivity index (χ1n) is 4.99. The number of hydrogen-bond donors (Lipinski definition) is 3. The van der Waals surface area contributed by atoms with Gasteiger partial charge in [-0.1, -0.05) is 0 Å². The average Bonchev–Trinajstić information content (AvgIpc) is 2.24. The molecule has 0 rings (SSSR count). The monoisotopic (exact) mass is 243 g/mol. The van der Waals surface area contributed by atoms with Crippen LogP contribution in [0.3, 0.4) is 0 Å². The highest BCUT2D eigenvalue weighted by Crippen LogP contribution is 1.98. The van der Waals surface area contributed by atoms with Crippen LogP contribution in [0.2, 0.25) is 0 Å². The van der Waals surface area contributed by atoms with E-state index in [0.29, 0.717) is 13.2 Å². The van der Waals surface area contributed by atoms with Gasteiger partial charge < -0.3 is 25.0 Å². The van der Waals surface area contributed by atoms with Gasteiger partial charge in [-0.15, -0.1) is 0 Å². The van der Waals surface area contributed by atoms with Gasteiger partial charge in [-0.3, -0.25) is 0 Å². The zero-order chi connectivity index (χ0) is 12.4. The fraction of sp³-hybridized carbons (Fsp3) is 1.00. The second-order valence-corrected chi connectivity index (χ2v) is 3.28. The second kappa shape index (κ2) is 9.86. The molecule has 0 saturated heterocycles. The predicted molar refractivity (Wildman–Crippen MR) is 53.6 cm³/mol. The lowest BCUT2D eigenvalue weighted by atomic mass is 10.3. The summed E-state index contributed by atoms with van der Waals surface area (Å²) in [7, 11) is 1.53. The number of aliphatic hydroxyl groups is 2. The van der Waals surface area contributed by atoms with Crippen LogP contribution in [0.15, 0.2) is 0 Å². The van der Waals surface area contributed by atoms with Gasteiger partial charge >= 0.3 is 0 Å². The van der Waals surface area contributed by atoms with Crippen molar-refractivity contribution < 1.29 is 28.5 Å². The van der Waals surface area contributed by atoms with E-state index in [0.717, 1.165) is 0 Å². The normalized spacial score (nSPS) is 15.4. The Balaban J connectivity index is 3.33. The number of hydrogen-bond acceptors (Lipinski definition) is 5. The van der Waals surface area contributed by atoms with E-state index >= 15 is 0 Å². The van der Waals surface area contributed by atoms with Gasteiger partial charge in [-0.2, -0.15) is 0 Å². The fourth-order valence-electron chi connectivity index (χ4n) is 0.907. The lowest BCUT2D eigenvalue weighted by Crippen LogP contribution is -2.37. The van der Waals surface area contributed by atoms with Gasteiger partial charge in [0.1, 0.15) is 6.10 Å². The third-order valence-electron chi connectivity index (χ3n) is 1.77. The first-order chi connectivity index (χ1) is 7.57. The van der Waals surface area contributed by atoms with Crippen molar-refractivity contribution >= 4 is 0 Å². The molecule has 7 heteroatoms. The molecule has 0 aliphatic rings. The number of aliphatic hydroxyl groups excluding tert-OH is 2. The largest absolute Gasteiger partial charge is 0.389 e. The Hall–Kier alpha value is -0.340. The summed E-state index contributed by atoms with van der Waals surface area (Å²) in [6, 6.07) is 0. The SMILES string of the molecule is COCCOCC(O)CNCC(O)C(F)F. The zero-order valence-corrected chi connectivity index (χ0v) is 9.23. The van der Waals surface area contributed by atoms with Crippen molar-refractivity contribution in [3.63, 3.8) is 0 Å². The lowest BCUT2D eigenvalue weighted by molar-refractivity contribution is -0.00955. The molecule has 0 aliphatic heterocycles. The van der Waals surface area contributed by atoms with Crippen LogP contribution in [0, 0.1) is 0 Å². The van der Waals surface area contributed by atoms with Crippen molar-refractivity contribution in [1.29, 1.82) is 0 Å². The van der Waals surface area contributed by atoms with E-state index in [4.69, 9.17) is 14.6 Å². The molecule has 0 aromatic carbocycles. The highest BCUT2D eigenvalue weighted by molar-refractivity contribution is 4.64. The van der Waals surface area contributed by atoms with Crippen LogP contribution < -0.4 is 5.32 Å². The van der Waals surface area contributed by atoms with Crippen molar-refractivity contribution in [1.82, 2.24) is 5.32 Å². The standard InChI is InChI=1S/C9H19F2NO4/c1-15-2-3-16-6-7(13)4-12-5-8(14)9(10)11/h7-9,12-14H,2-6H2,1H3. The fourth-order valence-corrected chi connectivity index (χ4v) is 0.907. The summed E-state index contributed by atoms with van der Waals surface area (Å²) in [5.74, 6) is 0. The first kappa shape index (κ1) is 15.7. The third-order valence-corrected chi connectivity index (χ3v) is 1.77. The predicted octanol–water partition coefficient (Wildman–Crippen LogP) is -0.774. The molecule has 0 aromatic rings. The molecule has 5 nitrogen and oxygen atoms in total. The Kier molecular flexibility index (Phi) is 9.65. The van der Waals surface area contributed by atoms with Gasteiger partial charge in [0.25, 0.3) is 6.43 Å². The smallest absolute Gasteiger partial charge is 0.265 e. The van der Waals surface area contributed by atoms with Gasteiger partial charge in [0.15, 0.2) is 0 Å². The summed E-state index contributed by atoms with van der Waals surface area (Å²) >= 11 is 0. The maximum atomic E-state index is 11.8. The summed E-state index contributed by atoms with van der Waals surface area (Å²) < 4.78 is 33.4. The molecule has 0 amide bonds. The van der Waals surface area contributed by atoms with Gasteiger partial charge in [0.2, 0.25) is 0 Å². The molecule has 0 spiro atoms. The molecular weight excluding hydrogens is 224 g/mol. The lowest BCUT2D eigenvalue weighted by Gasteiger charge is -2.14. The Morgan fingerprint density at radius 2 is 1.88 bits per heavy atom. The summed E-state index contributed by atoms with van der Waals surface area (Å²) in [6.07, 6.45) is -5.27. The van der Waals surface area contributed by atoms with Crippen LogP contribution in [0.4, 0.5) is 8.78 Å². The Morgan fingerprint density at radius 3 is 2.44 bits per heavy atom. The van der Waals surface area contributed by atoms with Crippen LogP contribution in [0.1, 0.15) is 0 Å². The van der Waals surface area contributed by atoms with Gasteiger partial charge in [0, 0.05) is 20.2 Å². The van der Waals surface area contributed by atoms with Crippen molar-refractivity contribution in [3.05, 3.63) is 0 Å². The molecular formula is C9H19F2NO4. The van der Waals surface area contributed by atoms with E-state index < -0.39 is 18.6 Å². The zero-order valence-electron chi connectivity index (χ0n) is 9.23. The van der Waals surface area contributed by atoms with Crippen LogP contribution in [-0.4, -0.2) is 68.9 Å². The number of rotatable bonds is 10. The number of alkyl halides is 2. The molecule has 0 aromatic heterocycles. The summed E-state index contributed by atoms with van der Waals surface area (Å²) in [6.45, 7) is 0.738. The van der Waals surface area contributed by atoms with Crippen molar-refractivity contribution in [2.75, 3.05) is 40.0 Å². The van der Waals surface area contributed by atoms with E-state index in [1.807, 2.05) is 0 Å². The van der Waals surface area contributed by atoms with E-state index in [1.54, 1.807) is 0 Å². The van der Waals surface area contributed by atoms with Gasteiger partial charge in [0.05, 0.1) is 25.9 Å². The van der Waals surface area contributed by atoms with Gasteiger partial charge in [-0.25, -0.2) is 8.78 Å². The first-order valence-corrected chi connectivity index (χ1v) is 4.99. The molecule has 0 aliphatic carbocycles. The molecule has 0 fully saturated rings. The van der Waals surface area contributed by atoms with Crippen LogP contribution in [-0.2, 0) is 9.47 Å². The topological polar surface area (TPSA) is 71.0 Å². The number of nitrogens with one attached hydrogen (secondary N) is 1. The average molecular weight is 243 g/mol. The van der Waals surface area contributed by atoms with E-state index in [1.165, 1.54) is 7.11 Å². The van der Waals surface area contributed by atoms with Crippen molar-refractivity contribution in [3.8, 4) is 0 Å². The Labute approximate surface area is 93.4 Å². The van der Waals surface area contributed by atoms with Crippen LogP contribution >= 0.6 is 0 Å². The molecule has 0 bridgehead atoms. The molecule has 16 heavy (non-hydrogen) atoms. The van der Waals surface area contributed by atoms with E-state index in [-0.39, 0.29) is 19.7 Å². The highest BCUT2D eigenvalue weighted by atomic mass is 19.3. The summed E-state index contributed by atoms with van der Waals surface area (Å²) in [5.41, 5.74) is 0. The minimum absolute atomic E-state index is 0.0940. The molecule has 0 radical (unpaired) electrons.